The molecule has 0 radical (unpaired) electrons. The Kier molecular flexibility index (Phi) is 6.41. The lowest BCUT2D eigenvalue weighted by atomic mass is 10.1. The molecular formula is C18H31N5OS. The van der Waals surface area contributed by atoms with Crippen molar-refractivity contribution in [2.75, 3.05) is 49.5 Å². The number of thioether (sulfide) groups is 1. The molecule has 3 heterocycles. The maximum Gasteiger partial charge on any atom is 0.238 e. The summed E-state index contributed by atoms with van der Waals surface area (Å²) >= 11 is 2.08. The summed E-state index contributed by atoms with van der Waals surface area (Å²) in [6.45, 7) is 11.5. The van der Waals surface area contributed by atoms with Crippen LogP contribution in [0.4, 0.5) is 5.69 Å². The zero-order chi connectivity index (χ0) is 17.8. The molecule has 1 N–H and O–H groups in total. The SMILES string of the molecule is CCn1nc(C)c(NC(=O)CN2CCN(C3CCSCC3)CC2)c1C. The van der Waals surface area contributed by atoms with Gasteiger partial charge in [-0.2, -0.15) is 16.9 Å². The van der Waals surface area contributed by atoms with Crippen LogP contribution in [0.25, 0.3) is 0 Å². The summed E-state index contributed by atoms with van der Waals surface area (Å²) in [5.41, 5.74) is 2.81. The number of amides is 1. The normalized spacial score (nSPS) is 20.8. The lowest BCUT2D eigenvalue weighted by molar-refractivity contribution is -0.117. The first-order valence-corrected chi connectivity index (χ1v) is 10.6. The fraction of sp³-hybridized carbons (Fsp3) is 0.778. The van der Waals surface area contributed by atoms with Crippen molar-refractivity contribution in [1.82, 2.24) is 19.6 Å². The van der Waals surface area contributed by atoms with Crippen molar-refractivity contribution in [3.05, 3.63) is 11.4 Å². The topological polar surface area (TPSA) is 53.4 Å². The van der Waals surface area contributed by atoms with E-state index in [0.717, 1.165) is 55.8 Å². The van der Waals surface area contributed by atoms with Gasteiger partial charge in [0.05, 0.1) is 23.6 Å². The molecule has 140 valence electrons. The Morgan fingerprint density at radius 1 is 1.20 bits per heavy atom. The molecule has 0 aromatic carbocycles. The van der Waals surface area contributed by atoms with Crippen LogP contribution in [0.15, 0.2) is 0 Å². The van der Waals surface area contributed by atoms with Crippen LogP contribution in [0.3, 0.4) is 0 Å². The van der Waals surface area contributed by atoms with Crippen LogP contribution in [0, 0.1) is 13.8 Å². The van der Waals surface area contributed by atoms with Crippen molar-refractivity contribution in [3.8, 4) is 0 Å². The summed E-state index contributed by atoms with van der Waals surface area (Å²) in [5, 5.41) is 7.54. The zero-order valence-electron chi connectivity index (χ0n) is 15.8. The predicted octanol–water partition coefficient (Wildman–Crippen LogP) is 1.97. The van der Waals surface area contributed by atoms with E-state index in [0.29, 0.717) is 6.54 Å². The highest BCUT2D eigenvalue weighted by Crippen LogP contribution is 2.23. The highest BCUT2D eigenvalue weighted by Gasteiger charge is 2.26. The van der Waals surface area contributed by atoms with Crippen molar-refractivity contribution in [2.45, 2.75) is 46.2 Å². The Bertz CT molecular complexity index is 589. The largest absolute Gasteiger partial charge is 0.322 e. The van der Waals surface area contributed by atoms with Gasteiger partial charge < -0.3 is 5.32 Å². The van der Waals surface area contributed by atoms with Crippen LogP contribution < -0.4 is 5.32 Å². The van der Waals surface area contributed by atoms with Gasteiger partial charge in [-0.3, -0.25) is 19.3 Å². The van der Waals surface area contributed by atoms with Crippen molar-refractivity contribution in [3.63, 3.8) is 0 Å². The second-order valence-electron chi connectivity index (χ2n) is 7.07. The average Bonchev–Trinajstić information content (AvgIpc) is 2.90. The molecule has 2 fully saturated rings. The Labute approximate surface area is 155 Å². The molecule has 1 aromatic heterocycles. The van der Waals surface area contributed by atoms with Crippen LogP contribution in [0.5, 0.6) is 0 Å². The molecule has 0 saturated carbocycles. The lowest BCUT2D eigenvalue weighted by Crippen LogP contribution is -2.52. The number of hydrogen-bond donors (Lipinski definition) is 1. The highest BCUT2D eigenvalue weighted by atomic mass is 32.2. The predicted molar refractivity (Wildman–Crippen MR) is 104 cm³/mol. The summed E-state index contributed by atoms with van der Waals surface area (Å²) < 4.78 is 1.94. The highest BCUT2D eigenvalue weighted by molar-refractivity contribution is 7.99. The third-order valence-corrected chi connectivity index (χ3v) is 6.48. The molecule has 2 aliphatic rings. The molecule has 2 aliphatic heterocycles. The van der Waals surface area contributed by atoms with E-state index < -0.39 is 0 Å². The number of nitrogens with zero attached hydrogens (tertiary/aromatic N) is 4. The molecule has 25 heavy (non-hydrogen) atoms. The maximum absolute atomic E-state index is 12.5. The van der Waals surface area contributed by atoms with Gasteiger partial charge in [-0.25, -0.2) is 0 Å². The quantitative estimate of drug-likeness (QED) is 0.865. The third-order valence-electron chi connectivity index (χ3n) is 5.43. The van der Waals surface area contributed by atoms with Gasteiger partial charge in [0, 0.05) is 38.8 Å². The van der Waals surface area contributed by atoms with E-state index in [1.165, 1.54) is 24.3 Å². The van der Waals surface area contributed by atoms with Gasteiger partial charge >= 0.3 is 0 Å². The van der Waals surface area contributed by atoms with Crippen LogP contribution >= 0.6 is 11.8 Å². The van der Waals surface area contributed by atoms with Gasteiger partial charge in [-0.15, -0.1) is 0 Å². The molecule has 1 amide bonds. The molecule has 0 unspecified atom stereocenters. The van der Waals surface area contributed by atoms with Crippen molar-refractivity contribution in [2.24, 2.45) is 0 Å². The maximum atomic E-state index is 12.5. The number of carbonyl (C=O) groups excluding carboxylic acids is 1. The number of nitrogens with one attached hydrogen (secondary N) is 1. The Morgan fingerprint density at radius 3 is 2.48 bits per heavy atom. The average molecular weight is 366 g/mol. The first kappa shape index (κ1) is 18.7. The van der Waals surface area contributed by atoms with Crippen molar-refractivity contribution >= 4 is 23.4 Å². The summed E-state index contributed by atoms with van der Waals surface area (Å²) in [4.78, 5) is 17.4. The number of carbonyl (C=O) groups is 1. The van der Waals surface area contributed by atoms with Gasteiger partial charge in [0.15, 0.2) is 0 Å². The van der Waals surface area contributed by atoms with E-state index in [1.54, 1.807) is 0 Å². The number of aryl methyl sites for hydroxylation is 2. The number of hydrogen-bond acceptors (Lipinski definition) is 5. The lowest BCUT2D eigenvalue weighted by Gasteiger charge is -2.40. The van der Waals surface area contributed by atoms with E-state index in [2.05, 4.69) is 38.9 Å². The van der Waals surface area contributed by atoms with Gasteiger partial charge in [0.25, 0.3) is 0 Å². The van der Waals surface area contributed by atoms with Gasteiger partial charge in [-0.05, 0) is 45.1 Å². The van der Waals surface area contributed by atoms with Crippen molar-refractivity contribution < 1.29 is 4.79 Å². The Morgan fingerprint density at radius 2 is 1.88 bits per heavy atom. The summed E-state index contributed by atoms with van der Waals surface area (Å²) in [5.74, 6) is 2.68. The minimum Gasteiger partial charge on any atom is -0.322 e. The summed E-state index contributed by atoms with van der Waals surface area (Å²) in [6, 6.07) is 0.766. The first-order valence-electron chi connectivity index (χ1n) is 9.46. The molecule has 7 heteroatoms. The molecule has 0 atom stereocenters. The van der Waals surface area contributed by atoms with Crippen LogP contribution in [-0.2, 0) is 11.3 Å². The smallest absolute Gasteiger partial charge is 0.238 e. The molecule has 6 nitrogen and oxygen atoms in total. The summed E-state index contributed by atoms with van der Waals surface area (Å²) in [7, 11) is 0. The standard InChI is InChI=1S/C18H31N5OS/c1-4-23-15(3)18(14(2)20-23)19-17(24)13-21-7-9-22(10-8-21)16-5-11-25-12-6-16/h16H,4-13H2,1-3H3,(H,19,24). The van der Waals surface area contributed by atoms with E-state index in [4.69, 9.17) is 0 Å². The Balaban J connectivity index is 1.47. The molecule has 0 bridgehead atoms. The number of rotatable bonds is 5. The fourth-order valence-electron chi connectivity index (χ4n) is 3.90. The van der Waals surface area contributed by atoms with E-state index in [9.17, 15) is 4.79 Å². The van der Waals surface area contributed by atoms with Crippen LogP contribution in [0.2, 0.25) is 0 Å². The van der Waals surface area contributed by atoms with Crippen LogP contribution in [0.1, 0.15) is 31.2 Å². The number of piperazine rings is 1. The van der Waals surface area contributed by atoms with E-state index in [1.807, 2.05) is 18.5 Å². The summed E-state index contributed by atoms with van der Waals surface area (Å²) in [6.07, 6.45) is 2.65. The zero-order valence-corrected chi connectivity index (χ0v) is 16.6. The van der Waals surface area contributed by atoms with Crippen LogP contribution in [-0.4, -0.2) is 75.8 Å². The molecule has 1 aromatic rings. The van der Waals surface area contributed by atoms with E-state index in [-0.39, 0.29) is 5.91 Å². The number of anilines is 1. The number of aromatic nitrogens is 2. The minimum absolute atomic E-state index is 0.0735. The molecule has 3 rings (SSSR count). The first-order chi connectivity index (χ1) is 12.1. The molecular weight excluding hydrogens is 334 g/mol. The van der Waals surface area contributed by atoms with Gasteiger partial charge in [0.2, 0.25) is 5.91 Å². The Hall–Kier alpha value is -1.05. The third kappa shape index (κ3) is 4.57. The van der Waals surface area contributed by atoms with E-state index >= 15 is 0 Å². The second-order valence-corrected chi connectivity index (χ2v) is 8.29. The second kappa shape index (κ2) is 8.56. The molecule has 0 spiro atoms. The molecule has 2 saturated heterocycles. The van der Waals surface area contributed by atoms with Gasteiger partial charge in [0.1, 0.15) is 0 Å². The van der Waals surface area contributed by atoms with Gasteiger partial charge in [-0.1, -0.05) is 0 Å². The van der Waals surface area contributed by atoms with Crippen molar-refractivity contribution in [1.29, 1.82) is 0 Å². The minimum atomic E-state index is 0.0735. The fourth-order valence-corrected chi connectivity index (χ4v) is 4.99. The monoisotopic (exact) mass is 365 g/mol. The molecule has 0 aliphatic carbocycles.